The first-order valence-electron chi connectivity index (χ1n) is 17.9. The average molecular weight is 847 g/mol. The van der Waals surface area contributed by atoms with Gasteiger partial charge in [0.1, 0.15) is 5.82 Å². The molecule has 1 aliphatic rings. The number of halogens is 12. The molecule has 2 heterocycles. The number of alkyl halides is 12. The number of nitrogens with zero attached hydrogens (tertiary/aromatic N) is 4. The highest BCUT2D eigenvalue weighted by Crippen LogP contribution is 2.43. The van der Waals surface area contributed by atoms with Gasteiger partial charge in [-0.15, -0.1) is 0 Å². The first-order chi connectivity index (χ1) is 26.9. The number of piperazine rings is 1. The van der Waals surface area contributed by atoms with Crippen LogP contribution in [0.2, 0.25) is 0 Å². The van der Waals surface area contributed by atoms with Gasteiger partial charge in [0.2, 0.25) is 11.8 Å². The Labute approximate surface area is 331 Å². The minimum Gasteiger partial charge on any atom is -0.353 e. The van der Waals surface area contributed by atoms with E-state index in [1.54, 1.807) is 42.2 Å². The summed E-state index contributed by atoms with van der Waals surface area (Å²) in [5.41, 5.74) is -9.02. The van der Waals surface area contributed by atoms with Gasteiger partial charge < -0.3 is 14.7 Å². The number of hydrogen-bond donors (Lipinski definition) is 0. The molecule has 4 aromatic rings. The topological polar surface area (TPSA) is 56.8 Å². The van der Waals surface area contributed by atoms with Gasteiger partial charge in [-0.05, 0) is 99.3 Å². The zero-order valence-corrected chi connectivity index (χ0v) is 32.4. The first-order valence-corrected chi connectivity index (χ1v) is 17.9. The second kappa shape index (κ2) is 15.4. The Morgan fingerprint density at radius 3 is 1.41 bits per heavy atom. The zero-order chi connectivity index (χ0) is 44.3. The Hall–Kier alpha value is -5.29. The minimum absolute atomic E-state index is 0.0000358. The van der Waals surface area contributed by atoms with Crippen molar-refractivity contribution >= 4 is 23.3 Å². The molecule has 0 atom stereocenters. The Balaban J connectivity index is 1.45. The van der Waals surface area contributed by atoms with Crippen LogP contribution in [0.1, 0.15) is 66.6 Å². The van der Waals surface area contributed by atoms with Crippen molar-refractivity contribution in [2.45, 2.75) is 70.2 Å². The summed E-state index contributed by atoms with van der Waals surface area (Å²) in [6.07, 6.45) is -19.2. The maximum absolute atomic E-state index is 14.1. The average Bonchev–Trinajstić information content (AvgIpc) is 3.15. The normalized spacial score (nSPS) is 14.7. The molecule has 0 spiro atoms. The Bertz CT molecular complexity index is 2170. The van der Waals surface area contributed by atoms with Crippen LogP contribution in [0.4, 0.5) is 64.2 Å². The van der Waals surface area contributed by atoms with Crippen LogP contribution in [0.15, 0.2) is 72.9 Å². The molecule has 0 N–H and O–H groups in total. The SMILES string of the molecule is Cc1ccccc1-c1cc(N2CCN(C(=O)C(C)(C)c3cc(C(F)(F)F)cc(C(F)(F)F)c3)CC2)ncc1N(C)C(=O)C(C)(C)c1cc(C(F)(F)F)cc(C(F)(F)F)c1. The Morgan fingerprint density at radius 1 is 0.576 bits per heavy atom. The molecule has 18 heteroatoms. The predicted octanol–water partition coefficient (Wildman–Crippen LogP) is 10.7. The molecule has 3 aromatic carbocycles. The molecular weight excluding hydrogens is 808 g/mol. The van der Waals surface area contributed by atoms with E-state index >= 15 is 0 Å². The van der Waals surface area contributed by atoms with Crippen molar-refractivity contribution in [2.75, 3.05) is 43.0 Å². The van der Waals surface area contributed by atoms with Gasteiger partial charge in [0.05, 0.1) is 45.0 Å². The fourth-order valence-corrected chi connectivity index (χ4v) is 6.91. The van der Waals surface area contributed by atoms with Crippen LogP contribution in [0, 0.1) is 6.92 Å². The molecular formula is C41H38F12N4O2. The standard InChI is InChI=1S/C41H38F12N4O2/c1-23-9-7-8-10-30(23)31-21-33(54-22-32(31)55(6)34(58)36(2,3)24-15-26(38(42,43)44)19-27(16-24)39(45,46)47)56-11-13-57(14-12-56)35(59)37(4,5)25-17-28(40(48,49)50)20-29(18-25)41(51,52)53/h7-10,15-22H,11-14H2,1-6H3. The number of aromatic nitrogens is 1. The van der Waals surface area contributed by atoms with E-state index in [9.17, 15) is 62.3 Å². The van der Waals surface area contributed by atoms with E-state index in [-0.39, 0.29) is 44.0 Å². The van der Waals surface area contributed by atoms with Crippen molar-refractivity contribution in [3.05, 3.63) is 112 Å². The number of carbonyl (C=O) groups is 2. The second-order valence-electron chi connectivity index (χ2n) is 15.4. The fourth-order valence-electron chi connectivity index (χ4n) is 6.91. The summed E-state index contributed by atoms with van der Waals surface area (Å²) >= 11 is 0. The molecule has 6 nitrogen and oxygen atoms in total. The summed E-state index contributed by atoms with van der Waals surface area (Å²) in [6.45, 7) is 6.93. The maximum atomic E-state index is 14.1. The van der Waals surface area contributed by atoms with Crippen LogP contribution in [0.3, 0.4) is 0 Å². The van der Waals surface area contributed by atoms with Crippen LogP contribution in [-0.2, 0) is 45.1 Å². The highest BCUT2D eigenvalue weighted by Gasteiger charge is 2.43. The number of benzene rings is 3. The van der Waals surface area contributed by atoms with Gasteiger partial charge in [-0.1, -0.05) is 24.3 Å². The number of rotatable bonds is 7. The Kier molecular flexibility index (Phi) is 11.7. The highest BCUT2D eigenvalue weighted by atomic mass is 19.4. The lowest BCUT2D eigenvalue weighted by Crippen LogP contribution is -2.53. The van der Waals surface area contributed by atoms with Crippen molar-refractivity contribution < 1.29 is 62.3 Å². The quantitative estimate of drug-likeness (QED) is 0.174. The van der Waals surface area contributed by atoms with E-state index < -0.39 is 80.7 Å². The summed E-state index contributed by atoms with van der Waals surface area (Å²) < 4.78 is 164. The van der Waals surface area contributed by atoms with Crippen LogP contribution in [0.5, 0.6) is 0 Å². The fraction of sp³-hybridized carbons (Fsp3) is 0.390. The van der Waals surface area contributed by atoms with Gasteiger partial charge in [0.15, 0.2) is 0 Å². The Morgan fingerprint density at radius 2 is 0.983 bits per heavy atom. The molecule has 318 valence electrons. The maximum Gasteiger partial charge on any atom is 0.416 e. The van der Waals surface area contributed by atoms with Crippen LogP contribution in [0.25, 0.3) is 11.1 Å². The molecule has 5 rings (SSSR count). The summed E-state index contributed by atoms with van der Waals surface area (Å²) in [4.78, 5) is 36.6. The lowest BCUT2D eigenvalue weighted by atomic mass is 9.81. The number of hydrogen-bond acceptors (Lipinski definition) is 4. The predicted molar refractivity (Wildman–Crippen MR) is 196 cm³/mol. The van der Waals surface area contributed by atoms with Crippen LogP contribution < -0.4 is 9.80 Å². The van der Waals surface area contributed by atoms with Gasteiger partial charge in [-0.2, -0.15) is 52.7 Å². The molecule has 0 saturated carbocycles. The van der Waals surface area contributed by atoms with E-state index in [4.69, 9.17) is 0 Å². The van der Waals surface area contributed by atoms with Gasteiger partial charge in [-0.25, -0.2) is 4.98 Å². The third kappa shape index (κ3) is 9.30. The molecule has 1 aromatic heterocycles. The lowest BCUT2D eigenvalue weighted by Gasteiger charge is -2.39. The molecule has 1 saturated heterocycles. The van der Waals surface area contributed by atoms with Crippen molar-refractivity contribution in [3.8, 4) is 11.1 Å². The highest BCUT2D eigenvalue weighted by molar-refractivity contribution is 6.03. The number of likely N-dealkylation sites (N-methyl/N-ethyl adjacent to an activating group) is 1. The number of pyridine rings is 1. The minimum atomic E-state index is -5.14. The van der Waals surface area contributed by atoms with Crippen LogP contribution in [-0.4, -0.2) is 54.9 Å². The number of amides is 2. The van der Waals surface area contributed by atoms with E-state index in [1.807, 2.05) is 0 Å². The van der Waals surface area contributed by atoms with E-state index in [1.165, 1.54) is 45.8 Å². The molecule has 1 aliphatic heterocycles. The molecule has 0 aliphatic carbocycles. The molecule has 59 heavy (non-hydrogen) atoms. The summed E-state index contributed by atoms with van der Waals surface area (Å²) in [6, 6.07) is 10.7. The van der Waals surface area contributed by atoms with Gasteiger partial charge in [0.25, 0.3) is 0 Å². The second-order valence-corrected chi connectivity index (χ2v) is 15.4. The smallest absolute Gasteiger partial charge is 0.353 e. The lowest BCUT2D eigenvalue weighted by molar-refractivity contribution is -0.145. The summed E-state index contributed by atoms with van der Waals surface area (Å²) in [5, 5.41) is 0. The summed E-state index contributed by atoms with van der Waals surface area (Å²) in [5.74, 6) is -1.22. The van der Waals surface area contributed by atoms with E-state index in [2.05, 4.69) is 4.98 Å². The van der Waals surface area contributed by atoms with Gasteiger partial charge >= 0.3 is 24.7 Å². The summed E-state index contributed by atoms with van der Waals surface area (Å²) in [7, 11) is 1.31. The third-order valence-corrected chi connectivity index (χ3v) is 10.5. The van der Waals surface area contributed by atoms with E-state index in [0.29, 0.717) is 41.2 Å². The number of carbonyl (C=O) groups excluding carboxylic acids is 2. The third-order valence-electron chi connectivity index (χ3n) is 10.5. The largest absolute Gasteiger partial charge is 0.416 e. The van der Waals surface area contributed by atoms with Crippen molar-refractivity contribution in [1.29, 1.82) is 0 Å². The monoisotopic (exact) mass is 846 g/mol. The van der Waals surface area contributed by atoms with Crippen LogP contribution >= 0.6 is 0 Å². The van der Waals surface area contributed by atoms with E-state index in [0.717, 1.165) is 10.5 Å². The molecule has 0 unspecified atom stereocenters. The van der Waals surface area contributed by atoms with Crippen molar-refractivity contribution in [3.63, 3.8) is 0 Å². The molecule has 1 fully saturated rings. The van der Waals surface area contributed by atoms with Crippen molar-refractivity contribution in [1.82, 2.24) is 9.88 Å². The van der Waals surface area contributed by atoms with Gasteiger partial charge in [-0.3, -0.25) is 9.59 Å². The number of anilines is 2. The molecule has 0 radical (unpaired) electrons. The molecule has 0 bridgehead atoms. The zero-order valence-electron chi connectivity index (χ0n) is 32.4. The van der Waals surface area contributed by atoms with Gasteiger partial charge in [0, 0.05) is 38.8 Å². The molecule has 2 amide bonds. The van der Waals surface area contributed by atoms with Crippen molar-refractivity contribution in [2.24, 2.45) is 0 Å². The number of aryl methyl sites for hydroxylation is 1. The first kappa shape index (κ1) is 44.8.